The van der Waals surface area contributed by atoms with Gasteiger partial charge < -0.3 is 5.32 Å². The van der Waals surface area contributed by atoms with Crippen LogP contribution in [0.3, 0.4) is 0 Å². The van der Waals surface area contributed by atoms with Crippen LogP contribution in [-0.2, 0) is 11.3 Å². The summed E-state index contributed by atoms with van der Waals surface area (Å²) in [5.74, 6) is 0. The number of carbonyl (C=O) groups excluding carboxylic acids is 1. The third-order valence-electron chi connectivity index (χ3n) is 2.87. The molecule has 0 bridgehead atoms. The Morgan fingerprint density at radius 1 is 1.28 bits per heavy atom. The highest BCUT2D eigenvalue weighted by Gasteiger charge is 2.16. The van der Waals surface area contributed by atoms with Gasteiger partial charge in [-0.15, -0.1) is 0 Å². The number of aromatic nitrogens is 2. The van der Waals surface area contributed by atoms with E-state index in [9.17, 15) is 9.59 Å². The van der Waals surface area contributed by atoms with Gasteiger partial charge >= 0.3 is 0 Å². The predicted molar refractivity (Wildman–Crippen MR) is 70.1 cm³/mol. The van der Waals surface area contributed by atoms with Crippen LogP contribution in [0.2, 0.25) is 0 Å². The van der Waals surface area contributed by atoms with E-state index in [4.69, 9.17) is 0 Å². The van der Waals surface area contributed by atoms with E-state index < -0.39 is 0 Å². The van der Waals surface area contributed by atoms with Crippen molar-refractivity contribution in [3.8, 4) is 5.69 Å². The third kappa shape index (κ3) is 1.84. The first-order valence-electron chi connectivity index (χ1n) is 5.78. The Bertz CT molecular complexity index is 611. The molecule has 2 rings (SSSR count). The SMILES string of the molecule is CCn1c(=O)c(NC=O)c(C)n1-c1ccccc1. The van der Waals surface area contributed by atoms with Gasteiger partial charge in [0.05, 0.1) is 11.4 Å². The minimum atomic E-state index is -0.189. The van der Waals surface area contributed by atoms with Gasteiger partial charge in [0.1, 0.15) is 5.69 Å². The maximum absolute atomic E-state index is 12.1. The first-order chi connectivity index (χ1) is 8.70. The summed E-state index contributed by atoms with van der Waals surface area (Å²) in [5, 5.41) is 2.47. The van der Waals surface area contributed by atoms with Crippen molar-refractivity contribution in [2.24, 2.45) is 0 Å². The van der Waals surface area contributed by atoms with Crippen LogP contribution in [0.25, 0.3) is 5.69 Å². The second-order valence-electron chi connectivity index (χ2n) is 3.89. The van der Waals surface area contributed by atoms with Crippen molar-refractivity contribution >= 4 is 12.1 Å². The average Bonchev–Trinajstić information content (AvgIpc) is 2.64. The zero-order chi connectivity index (χ0) is 13.1. The van der Waals surface area contributed by atoms with Crippen LogP contribution in [0.1, 0.15) is 12.6 Å². The lowest BCUT2D eigenvalue weighted by Gasteiger charge is -2.11. The number of para-hydroxylation sites is 1. The number of rotatable bonds is 4. The second kappa shape index (κ2) is 4.91. The molecule has 0 aliphatic rings. The van der Waals surface area contributed by atoms with E-state index in [1.807, 2.05) is 48.9 Å². The Labute approximate surface area is 105 Å². The minimum absolute atomic E-state index is 0.189. The van der Waals surface area contributed by atoms with Gasteiger partial charge in [-0.1, -0.05) is 18.2 Å². The largest absolute Gasteiger partial charge is 0.323 e. The highest BCUT2D eigenvalue weighted by molar-refractivity contribution is 5.72. The van der Waals surface area contributed by atoms with Crippen LogP contribution in [0.5, 0.6) is 0 Å². The van der Waals surface area contributed by atoms with E-state index in [1.54, 1.807) is 4.68 Å². The van der Waals surface area contributed by atoms with Crippen LogP contribution in [-0.4, -0.2) is 15.8 Å². The number of nitrogens with one attached hydrogen (secondary N) is 1. The van der Waals surface area contributed by atoms with Gasteiger partial charge in [0.15, 0.2) is 0 Å². The summed E-state index contributed by atoms with van der Waals surface area (Å²) in [6.07, 6.45) is 0.527. The normalized spacial score (nSPS) is 10.3. The quantitative estimate of drug-likeness (QED) is 0.831. The van der Waals surface area contributed by atoms with Gasteiger partial charge in [0, 0.05) is 6.54 Å². The van der Waals surface area contributed by atoms with Crippen molar-refractivity contribution in [2.45, 2.75) is 20.4 Å². The summed E-state index contributed by atoms with van der Waals surface area (Å²) < 4.78 is 3.41. The van der Waals surface area contributed by atoms with Crippen LogP contribution >= 0.6 is 0 Å². The summed E-state index contributed by atoms with van der Waals surface area (Å²) in [7, 11) is 0. The molecule has 0 aliphatic heterocycles. The van der Waals surface area contributed by atoms with Gasteiger partial charge in [-0.05, 0) is 26.0 Å². The first kappa shape index (κ1) is 12.2. The summed E-state index contributed by atoms with van der Waals surface area (Å²) in [6.45, 7) is 4.24. The van der Waals surface area contributed by atoms with Gasteiger partial charge in [-0.3, -0.25) is 14.3 Å². The molecular formula is C13H15N3O2. The lowest BCUT2D eigenvalue weighted by Crippen LogP contribution is -2.22. The molecule has 1 aromatic carbocycles. The molecule has 1 aromatic heterocycles. The minimum Gasteiger partial charge on any atom is -0.323 e. The van der Waals surface area contributed by atoms with E-state index in [1.165, 1.54) is 0 Å². The first-order valence-corrected chi connectivity index (χ1v) is 5.78. The molecule has 2 aromatic rings. The molecule has 0 atom stereocenters. The molecule has 0 spiro atoms. The number of benzene rings is 1. The molecule has 1 amide bonds. The molecule has 0 radical (unpaired) electrons. The highest BCUT2D eigenvalue weighted by Crippen LogP contribution is 2.16. The molecule has 5 heteroatoms. The Kier molecular flexibility index (Phi) is 3.32. The van der Waals surface area contributed by atoms with Crippen molar-refractivity contribution in [3.05, 3.63) is 46.4 Å². The lowest BCUT2D eigenvalue weighted by molar-refractivity contribution is -0.105. The fourth-order valence-electron chi connectivity index (χ4n) is 2.07. The van der Waals surface area contributed by atoms with Gasteiger partial charge in [0.25, 0.3) is 5.56 Å². The Morgan fingerprint density at radius 3 is 2.50 bits per heavy atom. The molecule has 1 heterocycles. The molecule has 18 heavy (non-hydrogen) atoms. The summed E-state index contributed by atoms with van der Waals surface area (Å²) in [5.41, 5.74) is 1.76. The van der Waals surface area contributed by atoms with Crippen molar-refractivity contribution in [3.63, 3.8) is 0 Å². The maximum atomic E-state index is 12.1. The monoisotopic (exact) mass is 245 g/mol. The molecule has 94 valence electrons. The zero-order valence-corrected chi connectivity index (χ0v) is 10.4. The summed E-state index contributed by atoms with van der Waals surface area (Å²) in [4.78, 5) is 22.7. The van der Waals surface area contributed by atoms with E-state index in [2.05, 4.69) is 5.32 Å². The van der Waals surface area contributed by atoms with Crippen LogP contribution in [0.4, 0.5) is 5.69 Å². The Balaban J connectivity index is 2.71. The van der Waals surface area contributed by atoms with Crippen molar-refractivity contribution in [1.29, 1.82) is 0 Å². The second-order valence-corrected chi connectivity index (χ2v) is 3.89. The summed E-state index contributed by atoms with van der Waals surface area (Å²) in [6, 6.07) is 9.58. The van der Waals surface area contributed by atoms with Crippen molar-refractivity contribution < 1.29 is 4.79 Å². The van der Waals surface area contributed by atoms with Crippen LogP contribution < -0.4 is 10.9 Å². The third-order valence-corrected chi connectivity index (χ3v) is 2.87. The Hall–Kier alpha value is -2.30. The average molecular weight is 245 g/mol. The van der Waals surface area contributed by atoms with Crippen LogP contribution in [0.15, 0.2) is 35.1 Å². The summed E-state index contributed by atoms with van der Waals surface area (Å²) >= 11 is 0. The van der Waals surface area contributed by atoms with Crippen molar-refractivity contribution in [2.75, 3.05) is 5.32 Å². The number of hydrogen-bond acceptors (Lipinski definition) is 2. The topological polar surface area (TPSA) is 56.0 Å². The smallest absolute Gasteiger partial charge is 0.291 e. The van der Waals surface area contributed by atoms with Gasteiger partial charge in [0.2, 0.25) is 6.41 Å². The lowest BCUT2D eigenvalue weighted by atomic mass is 10.3. The predicted octanol–water partition coefficient (Wildman–Crippen LogP) is 1.54. The van der Waals surface area contributed by atoms with E-state index in [0.29, 0.717) is 18.6 Å². The molecule has 0 aliphatic carbocycles. The number of amides is 1. The van der Waals surface area contributed by atoms with E-state index >= 15 is 0 Å². The van der Waals surface area contributed by atoms with Gasteiger partial charge in [-0.2, -0.15) is 0 Å². The Morgan fingerprint density at radius 2 is 1.94 bits per heavy atom. The molecule has 0 fully saturated rings. The van der Waals surface area contributed by atoms with Gasteiger partial charge in [-0.25, -0.2) is 4.68 Å². The molecule has 1 N–H and O–H groups in total. The van der Waals surface area contributed by atoms with E-state index in [-0.39, 0.29) is 5.56 Å². The highest BCUT2D eigenvalue weighted by atomic mass is 16.1. The maximum Gasteiger partial charge on any atom is 0.291 e. The molecule has 5 nitrogen and oxygen atoms in total. The number of carbonyl (C=O) groups is 1. The zero-order valence-electron chi connectivity index (χ0n) is 10.4. The number of anilines is 1. The van der Waals surface area contributed by atoms with Crippen molar-refractivity contribution in [1.82, 2.24) is 9.36 Å². The standard InChI is InChI=1S/C13H15N3O2/c1-3-15-13(18)12(14-9-17)10(2)16(15)11-7-5-4-6-8-11/h4-9H,3H2,1-2H3,(H,14,17). The number of hydrogen-bond donors (Lipinski definition) is 1. The fraction of sp³-hybridized carbons (Fsp3) is 0.231. The fourth-order valence-corrected chi connectivity index (χ4v) is 2.07. The molecule has 0 saturated heterocycles. The molecular weight excluding hydrogens is 230 g/mol. The molecule has 0 saturated carbocycles. The van der Waals surface area contributed by atoms with Crippen LogP contribution in [0, 0.1) is 6.92 Å². The van der Waals surface area contributed by atoms with E-state index in [0.717, 1.165) is 11.4 Å². The number of nitrogens with zero attached hydrogens (tertiary/aromatic N) is 2. The molecule has 0 unspecified atom stereocenters.